The smallest absolute Gasteiger partial charge is 0.290 e. The van der Waals surface area contributed by atoms with Crippen molar-refractivity contribution in [1.82, 2.24) is 10.5 Å². The molecule has 1 aliphatic rings. The number of carbonyl (C=O) groups is 2. The normalized spacial score (nSPS) is 16.1. The molecular formula is C21H17BrN2O3. The summed E-state index contributed by atoms with van der Waals surface area (Å²) in [6.45, 7) is 1.79. The van der Waals surface area contributed by atoms with Crippen LogP contribution in [-0.2, 0) is 6.42 Å². The van der Waals surface area contributed by atoms with E-state index in [4.69, 9.17) is 4.52 Å². The average molecular weight is 425 g/mol. The molecule has 0 fully saturated rings. The number of carbonyl (C=O) groups excluding carboxylic acids is 2. The lowest BCUT2D eigenvalue weighted by Crippen LogP contribution is -2.43. The SMILES string of the molecule is Cc1c(-c2ccccc2)noc1C(=O)NC1CCc2cc(Br)ccc2C1=O. The second kappa shape index (κ2) is 7.12. The average Bonchev–Trinajstić information content (AvgIpc) is 3.06. The summed E-state index contributed by atoms with van der Waals surface area (Å²) in [7, 11) is 0. The minimum Gasteiger partial charge on any atom is -0.350 e. The Morgan fingerprint density at radius 2 is 2.00 bits per heavy atom. The van der Waals surface area contributed by atoms with E-state index in [2.05, 4.69) is 26.4 Å². The molecule has 1 aliphatic carbocycles. The van der Waals surface area contributed by atoms with Crippen LogP contribution in [0.1, 0.15) is 38.5 Å². The zero-order chi connectivity index (χ0) is 19.0. The van der Waals surface area contributed by atoms with E-state index < -0.39 is 11.9 Å². The molecule has 1 amide bonds. The maximum Gasteiger partial charge on any atom is 0.290 e. The van der Waals surface area contributed by atoms with E-state index in [1.165, 1.54) is 0 Å². The van der Waals surface area contributed by atoms with Crippen LogP contribution in [0.5, 0.6) is 0 Å². The lowest BCUT2D eigenvalue weighted by atomic mass is 9.87. The van der Waals surface area contributed by atoms with Crippen LogP contribution in [0.15, 0.2) is 57.5 Å². The Balaban J connectivity index is 1.54. The Kier molecular flexibility index (Phi) is 4.66. The first kappa shape index (κ1) is 17.7. The van der Waals surface area contributed by atoms with Crippen molar-refractivity contribution in [2.45, 2.75) is 25.8 Å². The number of ketones is 1. The number of nitrogens with one attached hydrogen (secondary N) is 1. The van der Waals surface area contributed by atoms with Gasteiger partial charge in [-0.15, -0.1) is 0 Å². The van der Waals surface area contributed by atoms with Crippen molar-refractivity contribution in [3.05, 3.63) is 75.5 Å². The van der Waals surface area contributed by atoms with Crippen molar-refractivity contribution < 1.29 is 14.1 Å². The van der Waals surface area contributed by atoms with E-state index in [9.17, 15) is 9.59 Å². The van der Waals surface area contributed by atoms with Crippen LogP contribution in [0.25, 0.3) is 11.3 Å². The van der Waals surface area contributed by atoms with Gasteiger partial charge in [-0.3, -0.25) is 9.59 Å². The number of aryl methyl sites for hydroxylation is 1. The fourth-order valence-corrected chi connectivity index (χ4v) is 3.81. The zero-order valence-corrected chi connectivity index (χ0v) is 16.2. The number of rotatable bonds is 3. The predicted octanol–water partition coefficient (Wildman–Crippen LogP) is 4.34. The molecule has 1 N–H and O–H groups in total. The molecule has 0 saturated heterocycles. The molecule has 4 rings (SSSR count). The fraction of sp³-hybridized carbons (Fsp3) is 0.190. The first-order chi connectivity index (χ1) is 13.0. The van der Waals surface area contributed by atoms with Gasteiger partial charge in [-0.25, -0.2) is 0 Å². The van der Waals surface area contributed by atoms with Crippen LogP contribution >= 0.6 is 15.9 Å². The Labute approximate surface area is 164 Å². The summed E-state index contributed by atoms with van der Waals surface area (Å²) in [5, 5.41) is 6.85. The van der Waals surface area contributed by atoms with Crippen molar-refractivity contribution in [2.75, 3.05) is 0 Å². The van der Waals surface area contributed by atoms with Crippen molar-refractivity contribution in [3.8, 4) is 11.3 Å². The molecule has 0 spiro atoms. The van der Waals surface area contributed by atoms with E-state index >= 15 is 0 Å². The summed E-state index contributed by atoms with van der Waals surface area (Å²) in [6.07, 6.45) is 1.29. The first-order valence-corrected chi connectivity index (χ1v) is 9.49. The molecule has 1 atom stereocenters. The van der Waals surface area contributed by atoms with Crippen LogP contribution in [0.3, 0.4) is 0 Å². The summed E-state index contributed by atoms with van der Waals surface area (Å²) < 4.78 is 6.24. The molecule has 0 aliphatic heterocycles. The predicted molar refractivity (Wildman–Crippen MR) is 105 cm³/mol. The first-order valence-electron chi connectivity index (χ1n) is 8.70. The molecule has 0 radical (unpaired) electrons. The molecule has 6 heteroatoms. The molecule has 0 bridgehead atoms. The number of Topliss-reactive ketones (excluding diaryl/α,β-unsaturated/α-hetero) is 1. The molecular weight excluding hydrogens is 408 g/mol. The van der Waals surface area contributed by atoms with E-state index in [1.54, 1.807) is 13.0 Å². The number of benzene rings is 2. The molecule has 1 heterocycles. The van der Waals surface area contributed by atoms with Crippen LogP contribution in [0, 0.1) is 6.92 Å². The van der Waals surface area contributed by atoms with Gasteiger partial charge in [0.2, 0.25) is 5.76 Å². The number of nitrogens with zero attached hydrogens (tertiary/aromatic N) is 1. The van der Waals surface area contributed by atoms with Gasteiger partial charge >= 0.3 is 0 Å². The van der Waals surface area contributed by atoms with Gasteiger partial charge in [-0.1, -0.05) is 51.4 Å². The Morgan fingerprint density at radius 1 is 1.22 bits per heavy atom. The Hall–Kier alpha value is -2.73. The van der Waals surface area contributed by atoms with Crippen molar-refractivity contribution in [1.29, 1.82) is 0 Å². The van der Waals surface area contributed by atoms with Gasteiger partial charge < -0.3 is 9.84 Å². The third-order valence-electron chi connectivity index (χ3n) is 4.83. The number of hydrogen-bond acceptors (Lipinski definition) is 4. The number of amides is 1. The Morgan fingerprint density at radius 3 is 2.78 bits per heavy atom. The maximum atomic E-state index is 12.7. The quantitative estimate of drug-likeness (QED) is 0.678. The van der Waals surface area contributed by atoms with Crippen molar-refractivity contribution in [3.63, 3.8) is 0 Å². The lowest BCUT2D eigenvalue weighted by molar-refractivity contribution is 0.0824. The van der Waals surface area contributed by atoms with Gasteiger partial charge in [0.15, 0.2) is 5.78 Å². The lowest BCUT2D eigenvalue weighted by Gasteiger charge is -2.24. The second-order valence-electron chi connectivity index (χ2n) is 6.58. The highest BCUT2D eigenvalue weighted by Crippen LogP contribution is 2.27. The molecule has 5 nitrogen and oxygen atoms in total. The molecule has 0 saturated carbocycles. The topological polar surface area (TPSA) is 72.2 Å². The molecule has 3 aromatic rings. The largest absolute Gasteiger partial charge is 0.350 e. The van der Waals surface area contributed by atoms with E-state index in [0.717, 1.165) is 22.0 Å². The minimum absolute atomic E-state index is 0.0717. The van der Waals surface area contributed by atoms with Crippen LogP contribution in [-0.4, -0.2) is 22.9 Å². The highest BCUT2D eigenvalue weighted by molar-refractivity contribution is 9.10. The third-order valence-corrected chi connectivity index (χ3v) is 5.33. The van der Waals surface area contributed by atoms with Crippen LogP contribution in [0.4, 0.5) is 0 Å². The second-order valence-corrected chi connectivity index (χ2v) is 7.50. The highest BCUT2D eigenvalue weighted by atomic mass is 79.9. The van der Waals surface area contributed by atoms with Crippen LogP contribution < -0.4 is 5.32 Å². The number of fused-ring (bicyclic) bond motifs is 1. The summed E-state index contributed by atoms with van der Waals surface area (Å²) in [6, 6.07) is 14.6. The van der Waals surface area contributed by atoms with Crippen molar-refractivity contribution in [2.24, 2.45) is 0 Å². The highest BCUT2D eigenvalue weighted by Gasteiger charge is 2.30. The van der Waals surface area contributed by atoms with Gasteiger partial charge in [-0.2, -0.15) is 0 Å². The zero-order valence-electron chi connectivity index (χ0n) is 14.7. The van der Waals surface area contributed by atoms with Gasteiger partial charge in [0.25, 0.3) is 5.91 Å². The van der Waals surface area contributed by atoms with E-state index in [0.29, 0.717) is 23.2 Å². The standard InChI is InChI=1S/C21H17BrN2O3/c1-12-18(13-5-3-2-4-6-13)24-27-20(12)21(26)23-17-10-7-14-11-15(22)8-9-16(14)19(17)25/h2-6,8-9,11,17H,7,10H2,1H3,(H,23,26). The summed E-state index contributed by atoms with van der Waals surface area (Å²) in [5.74, 6) is -0.345. The molecule has 2 aromatic carbocycles. The van der Waals surface area contributed by atoms with Crippen molar-refractivity contribution >= 4 is 27.6 Å². The summed E-state index contributed by atoms with van der Waals surface area (Å²) >= 11 is 3.43. The number of hydrogen-bond donors (Lipinski definition) is 1. The van der Waals surface area contributed by atoms with Gasteiger partial charge in [-0.05, 0) is 43.5 Å². The fourth-order valence-electron chi connectivity index (χ4n) is 3.40. The minimum atomic E-state index is -0.559. The number of halogens is 1. The molecule has 1 aromatic heterocycles. The van der Waals surface area contributed by atoms with Gasteiger partial charge in [0, 0.05) is 21.2 Å². The molecule has 27 heavy (non-hydrogen) atoms. The number of aromatic nitrogens is 1. The maximum absolute atomic E-state index is 12.7. The molecule has 1 unspecified atom stereocenters. The monoisotopic (exact) mass is 424 g/mol. The Bertz CT molecular complexity index is 1030. The third kappa shape index (κ3) is 3.32. The van der Waals surface area contributed by atoms with Gasteiger partial charge in [0.1, 0.15) is 5.69 Å². The van der Waals surface area contributed by atoms with E-state index in [1.807, 2.05) is 42.5 Å². The van der Waals surface area contributed by atoms with E-state index in [-0.39, 0.29) is 11.5 Å². The van der Waals surface area contributed by atoms with Gasteiger partial charge in [0.05, 0.1) is 6.04 Å². The molecule has 136 valence electrons. The summed E-state index contributed by atoms with van der Waals surface area (Å²) in [5.41, 5.74) is 3.83. The van der Waals surface area contributed by atoms with Crippen LogP contribution in [0.2, 0.25) is 0 Å². The summed E-state index contributed by atoms with van der Waals surface area (Å²) in [4.78, 5) is 25.4.